The molecule has 0 unspecified atom stereocenters. The summed E-state index contributed by atoms with van der Waals surface area (Å²) in [7, 11) is 1.64. The third kappa shape index (κ3) is 4.03. The Kier molecular flexibility index (Phi) is 5.16. The minimum absolute atomic E-state index is 0.226. The molecule has 7 nitrogen and oxygen atoms in total. The van der Waals surface area contributed by atoms with Gasteiger partial charge in [-0.25, -0.2) is 14.8 Å². The minimum atomic E-state index is -0.319. The normalized spacial score (nSPS) is 14.2. The van der Waals surface area contributed by atoms with Crippen molar-refractivity contribution in [1.29, 1.82) is 0 Å². The van der Waals surface area contributed by atoms with Crippen molar-refractivity contribution >= 4 is 11.0 Å². The second kappa shape index (κ2) is 8.26. The van der Waals surface area contributed by atoms with E-state index in [1.54, 1.807) is 17.9 Å². The summed E-state index contributed by atoms with van der Waals surface area (Å²) in [6.07, 6.45) is 8.16. The van der Waals surface area contributed by atoms with E-state index in [4.69, 9.17) is 9.47 Å². The van der Waals surface area contributed by atoms with Crippen LogP contribution in [0.4, 0.5) is 0 Å². The fraction of sp³-hybridized carbons (Fsp3) is 0.292. The third-order valence-corrected chi connectivity index (χ3v) is 5.71. The monoisotopic (exact) mass is 416 g/mol. The molecular formula is C24H24N4O3. The fourth-order valence-electron chi connectivity index (χ4n) is 4.09. The number of nitrogens with one attached hydrogen (secondary N) is 1. The molecule has 0 amide bonds. The molecule has 0 radical (unpaired) electrons. The van der Waals surface area contributed by atoms with Gasteiger partial charge in [-0.2, -0.15) is 0 Å². The second-order valence-corrected chi connectivity index (χ2v) is 7.84. The van der Waals surface area contributed by atoms with E-state index >= 15 is 0 Å². The van der Waals surface area contributed by atoms with Gasteiger partial charge in [0.05, 0.1) is 30.8 Å². The number of nitrogens with zero attached hydrogens (tertiary/aromatic N) is 3. The average molecular weight is 416 g/mol. The van der Waals surface area contributed by atoms with Gasteiger partial charge in [0.1, 0.15) is 5.82 Å². The Bertz CT molecular complexity index is 1240. The first-order valence-electron chi connectivity index (χ1n) is 10.5. The number of hydrogen-bond donors (Lipinski definition) is 1. The molecule has 4 aromatic rings. The van der Waals surface area contributed by atoms with E-state index in [-0.39, 0.29) is 11.8 Å². The van der Waals surface area contributed by atoms with Crippen LogP contribution in [0.25, 0.3) is 22.2 Å². The van der Waals surface area contributed by atoms with Crippen molar-refractivity contribution in [3.8, 4) is 22.6 Å². The Balaban J connectivity index is 1.45. The molecule has 1 aliphatic carbocycles. The molecule has 0 aliphatic heterocycles. The van der Waals surface area contributed by atoms with Gasteiger partial charge in [-0.3, -0.25) is 4.57 Å². The Hall–Kier alpha value is -3.61. The van der Waals surface area contributed by atoms with Gasteiger partial charge in [0.15, 0.2) is 11.5 Å². The summed E-state index contributed by atoms with van der Waals surface area (Å²) < 4.78 is 13.3. The maximum Gasteiger partial charge on any atom is 0.347 e. The van der Waals surface area contributed by atoms with Crippen molar-refractivity contribution in [3.05, 3.63) is 71.2 Å². The number of ether oxygens (including phenoxy) is 2. The third-order valence-electron chi connectivity index (χ3n) is 5.71. The van der Waals surface area contributed by atoms with Gasteiger partial charge in [-0.05, 0) is 55.5 Å². The van der Waals surface area contributed by atoms with E-state index in [2.05, 4.69) is 15.0 Å². The zero-order valence-corrected chi connectivity index (χ0v) is 17.4. The number of imidazole rings is 1. The van der Waals surface area contributed by atoms with E-state index in [0.717, 1.165) is 40.8 Å². The topological polar surface area (TPSA) is 82.0 Å². The molecule has 1 saturated carbocycles. The van der Waals surface area contributed by atoms with Gasteiger partial charge in [0.25, 0.3) is 0 Å². The summed E-state index contributed by atoms with van der Waals surface area (Å²) in [5, 5.41) is 0. The van der Waals surface area contributed by atoms with Gasteiger partial charge in [-0.15, -0.1) is 0 Å². The molecule has 158 valence electrons. The number of para-hydroxylation sites is 2. The lowest BCUT2D eigenvalue weighted by molar-refractivity contribution is 0.201. The molecule has 0 saturated heterocycles. The Morgan fingerprint density at radius 2 is 1.94 bits per heavy atom. The lowest BCUT2D eigenvalue weighted by Crippen LogP contribution is -2.23. The minimum Gasteiger partial charge on any atom is -0.493 e. The molecule has 2 aromatic carbocycles. The molecule has 0 atom stereocenters. The highest BCUT2D eigenvalue weighted by Gasteiger charge is 2.19. The van der Waals surface area contributed by atoms with Crippen molar-refractivity contribution in [1.82, 2.24) is 19.5 Å². The molecule has 1 aliphatic rings. The van der Waals surface area contributed by atoms with Crippen molar-refractivity contribution in [2.45, 2.75) is 38.3 Å². The zero-order chi connectivity index (χ0) is 21.2. The molecule has 2 aromatic heterocycles. The van der Waals surface area contributed by atoms with Crippen molar-refractivity contribution in [2.24, 2.45) is 0 Å². The van der Waals surface area contributed by atoms with Crippen LogP contribution in [-0.4, -0.2) is 32.7 Å². The molecule has 2 heterocycles. The molecule has 1 fully saturated rings. The summed E-state index contributed by atoms with van der Waals surface area (Å²) in [5.41, 5.74) is 3.24. The molecule has 7 heteroatoms. The molecule has 0 spiro atoms. The fourth-order valence-corrected chi connectivity index (χ4v) is 4.09. The van der Waals surface area contributed by atoms with Gasteiger partial charge >= 0.3 is 5.69 Å². The smallest absolute Gasteiger partial charge is 0.347 e. The highest BCUT2D eigenvalue weighted by atomic mass is 16.5. The number of hydrogen-bond acceptors (Lipinski definition) is 5. The van der Waals surface area contributed by atoms with Crippen LogP contribution in [0.5, 0.6) is 11.5 Å². The van der Waals surface area contributed by atoms with Crippen LogP contribution in [-0.2, 0) is 6.54 Å². The predicted molar refractivity (Wildman–Crippen MR) is 119 cm³/mol. The van der Waals surface area contributed by atoms with Crippen molar-refractivity contribution in [2.75, 3.05) is 7.11 Å². The maximum absolute atomic E-state index is 12.4. The van der Waals surface area contributed by atoms with Gasteiger partial charge in [0, 0.05) is 18.0 Å². The second-order valence-electron chi connectivity index (χ2n) is 7.84. The summed E-state index contributed by atoms with van der Waals surface area (Å²) in [5.74, 6) is 2.14. The van der Waals surface area contributed by atoms with Gasteiger partial charge in [0.2, 0.25) is 0 Å². The van der Waals surface area contributed by atoms with E-state index in [0.29, 0.717) is 18.1 Å². The number of fused-ring (bicyclic) bond motifs is 1. The van der Waals surface area contributed by atoms with Crippen LogP contribution >= 0.6 is 0 Å². The van der Waals surface area contributed by atoms with Gasteiger partial charge in [-0.1, -0.05) is 18.2 Å². The summed E-state index contributed by atoms with van der Waals surface area (Å²) in [4.78, 5) is 24.3. The maximum atomic E-state index is 12.4. The van der Waals surface area contributed by atoms with E-state index in [1.165, 1.54) is 12.8 Å². The Morgan fingerprint density at radius 1 is 1.10 bits per heavy atom. The van der Waals surface area contributed by atoms with E-state index < -0.39 is 0 Å². The Labute approximate surface area is 179 Å². The zero-order valence-electron chi connectivity index (χ0n) is 17.4. The summed E-state index contributed by atoms with van der Waals surface area (Å²) >= 11 is 0. The van der Waals surface area contributed by atoms with Crippen LogP contribution in [0.15, 0.2) is 59.7 Å². The van der Waals surface area contributed by atoms with Crippen LogP contribution < -0.4 is 15.2 Å². The number of aromatic nitrogens is 4. The molecule has 0 bridgehead atoms. The first-order valence-corrected chi connectivity index (χ1v) is 10.5. The standard InChI is InChI=1S/C24H24N4O3/c1-30-21-11-10-16(12-22(21)31-18-6-2-3-7-18)17-13-25-24(29)28(14-17)15-23-26-19-8-4-5-9-20(19)27-23/h4-5,8-14,18H,2-3,6-7,15H2,1H3,(H,26,27). The van der Waals surface area contributed by atoms with Crippen LogP contribution in [0.1, 0.15) is 31.5 Å². The number of benzene rings is 2. The largest absolute Gasteiger partial charge is 0.493 e. The van der Waals surface area contributed by atoms with E-state index in [9.17, 15) is 4.79 Å². The van der Waals surface area contributed by atoms with Crippen LogP contribution in [0.3, 0.4) is 0 Å². The molecule has 5 rings (SSSR count). The first-order chi connectivity index (χ1) is 15.2. The lowest BCUT2D eigenvalue weighted by Gasteiger charge is -2.17. The molecule has 1 N–H and O–H groups in total. The highest BCUT2D eigenvalue weighted by Crippen LogP contribution is 2.35. The van der Waals surface area contributed by atoms with E-state index in [1.807, 2.05) is 48.7 Å². The number of H-pyrrole nitrogens is 1. The van der Waals surface area contributed by atoms with Gasteiger partial charge < -0.3 is 14.5 Å². The van der Waals surface area contributed by atoms with Crippen molar-refractivity contribution < 1.29 is 9.47 Å². The highest BCUT2D eigenvalue weighted by molar-refractivity contribution is 5.74. The average Bonchev–Trinajstić information content (AvgIpc) is 3.44. The molecular weight excluding hydrogens is 392 g/mol. The van der Waals surface area contributed by atoms with Crippen LogP contribution in [0.2, 0.25) is 0 Å². The first kappa shape index (κ1) is 19.4. The Morgan fingerprint density at radius 3 is 2.74 bits per heavy atom. The SMILES string of the molecule is COc1ccc(-c2cnc(=O)n(Cc3nc4ccccc4[nH]3)c2)cc1OC1CCCC1. The number of methoxy groups -OCH3 is 1. The lowest BCUT2D eigenvalue weighted by atomic mass is 10.1. The summed E-state index contributed by atoms with van der Waals surface area (Å²) in [6.45, 7) is 0.315. The number of rotatable bonds is 6. The van der Waals surface area contributed by atoms with Crippen molar-refractivity contribution in [3.63, 3.8) is 0 Å². The van der Waals surface area contributed by atoms with Crippen LogP contribution in [0, 0.1) is 0 Å². The molecule has 31 heavy (non-hydrogen) atoms. The summed E-state index contributed by atoms with van der Waals surface area (Å²) in [6, 6.07) is 13.6. The number of aromatic amines is 1. The predicted octanol–water partition coefficient (Wildman–Crippen LogP) is 4.16. The quantitative estimate of drug-likeness (QED) is 0.510.